The highest BCUT2D eigenvalue weighted by Gasteiger charge is 2.55. The molecule has 0 radical (unpaired) electrons. The van der Waals surface area contributed by atoms with Crippen LogP contribution in [0.15, 0.2) is 0 Å². The first-order valence-corrected chi connectivity index (χ1v) is 5.86. The van der Waals surface area contributed by atoms with E-state index in [4.69, 9.17) is 4.74 Å². The molecular formula is C12H19NO7. The number of esters is 3. The van der Waals surface area contributed by atoms with Crippen LogP contribution in [-0.4, -0.2) is 50.7 Å². The van der Waals surface area contributed by atoms with E-state index in [0.29, 0.717) is 0 Å². The fourth-order valence-corrected chi connectivity index (χ4v) is 1.61. The molecular weight excluding hydrogens is 270 g/mol. The van der Waals surface area contributed by atoms with Crippen molar-refractivity contribution in [1.82, 2.24) is 5.32 Å². The van der Waals surface area contributed by atoms with Crippen LogP contribution in [0.5, 0.6) is 0 Å². The third-order valence-corrected chi connectivity index (χ3v) is 2.67. The Balaban J connectivity index is 5.73. The molecule has 1 atom stereocenters. The summed E-state index contributed by atoms with van der Waals surface area (Å²) >= 11 is 0. The van der Waals surface area contributed by atoms with E-state index in [1.54, 1.807) is 6.92 Å². The highest BCUT2D eigenvalue weighted by atomic mass is 16.6. The zero-order valence-corrected chi connectivity index (χ0v) is 12.1. The monoisotopic (exact) mass is 289 g/mol. The Bertz CT molecular complexity index is 389. The first-order valence-electron chi connectivity index (χ1n) is 5.86. The fourth-order valence-electron chi connectivity index (χ4n) is 1.61. The van der Waals surface area contributed by atoms with E-state index in [9.17, 15) is 19.2 Å². The molecule has 0 rings (SSSR count). The summed E-state index contributed by atoms with van der Waals surface area (Å²) in [6.07, 6.45) is 0. The average molecular weight is 289 g/mol. The number of carbonyl (C=O) groups is 4. The molecule has 0 bridgehead atoms. The zero-order valence-electron chi connectivity index (χ0n) is 12.1. The predicted molar refractivity (Wildman–Crippen MR) is 66.4 cm³/mol. The molecule has 1 amide bonds. The van der Waals surface area contributed by atoms with Gasteiger partial charge >= 0.3 is 17.9 Å². The molecule has 0 saturated heterocycles. The van der Waals surface area contributed by atoms with Crippen LogP contribution in [0, 0.1) is 5.41 Å². The molecule has 0 aliphatic heterocycles. The lowest BCUT2D eigenvalue weighted by molar-refractivity contribution is -0.176. The Kier molecular flexibility index (Phi) is 6.67. The lowest BCUT2D eigenvalue weighted by Gasteiger charge is -2.30. The summed E-state index contributed by atoms with van der Waals surface area (Å²) in [6.45, 7) is 3.85. The van der Waals surface area contributed by atoms with Crippen molar-refractivity contribution in [2.45, 2.75) is 26.8 Å². The van der Waals surface area contributed by atoms with Gasteiger partial charge in [0.1, 0.15) is 0 Å². The Morgan fingerprint density at radius 3 is 1.85 bits per heavy atom. The summed E-state index contributed by atoms with van der Waals surface area (Å²) in [4.78, 5) is 46.9. The minimum atomic E-state index is -2.04. The second-order valence-corrected chi connectivity index (χ2v) is 4.07. The average Bonchev–Trinajstić information content (AvgIpc) is 2.41. The van der Waals surface area contributed by atoms with Crippen LogP contribution < -0.4 is 5.32 Å². The summed E-state index contributed by atoms with van der Waals surface area (Å²) in [7, 11) is 2.11. The van der Waals surface area contributed by atoms with Crippen LogP contribution in [-0.2, 0) is 33.4 Å². The number of methoxy groups -OCH3 is 2. The third kappa shape index (κ3) is 3.69. The van der Waals surface area contributed by atoms with E-state index in [1.165, 1.54) is 0 Å². The van der Waals surface area contributed by atoms with Gasteiger partial charge in [-0.3, -0.25) is 14.4 Å². The van der Waals surface area contributed by atoms with E-state index in [0.717, 1.165) is 28.1 Å². The van der Waals surface area contributed by atoms with E-state index < -0.39 is 35.3 Å². The smallest absolute Gasteiger partial charge is 0.330 e. The van der Waals surface area contributed by atoms with Crippen molar-refractivity contribution >= 4 is 23.8 Å². The molecule has 114 valence electrons. The molecule has 0 aromatic rings. The molecule has 0 aliphatic carbocycles. The lowest BCUT2D eigenvalue weighted by atomic mass is 9.81. The van der Waals surface area contributed by atoms with Crippen LogP contribution in [0.1, 0.15) is 20.8 Å². The Hall–Kier alpha value is -2.12. The number of hydrogen-bond donors (Lipinski definition) is 1. The van der Waals surface area contributed by atoms with Gasteiger partial charge in [0, 0.05) is 6.92 Å². The summed E-state index contributed by atoms with van der Waals surface area (Å²) < 4.78 is 13.8. The quantitative estimate of drug-likeness (QED) is 0.395. The number of ether oxygens (including phenoxy) is 3. The molecule has 0 saturated carbocycles. The van der Waals surface area contributed by atoms with E-state index in [1.807, 2.05) is 0 Å². The molecule has 0 aliphatic rings. The topological polar surface area (TPSA) is 108 Å². The van der Waals surface area contributed by atoms with Gasteiger partial charge in [0.15, 0.2) is 11.5 Å². The maximum Gasteiger partial charge on any atom is 0.330 e. The molecule has 20 heavy (non-hydrogen) atoms. The Morgan fingerprint density at radius 2 is 1.55 bits per heavy atom. The number of amides is 1. The van der Waals surface area contributed by atoms with Crippen molar-refractivity contribution in [3.8, 4) is 0 Å². The van der Waals surface area contributed by atoms with Gasteiger partial charge in [-0.05, 0) is 13.8 Å². The second-order valence-electron chi connectivity index (χ2n) is 4.07. The minimum absolute atomic E-state index is 0.0212. The lowest BCUT2D eigenvalue weighted by Crippen LogP contribution is -2.59. The van der Waals surface area contributed by atoms with Gasteiger partial charge in [0.25, 0.3) is 0 Å². The first-order chi connectivity index (χ1) is 9.25. The molecule has 8 nitrogen and oxygen atoms in total. The van der Waals surface area contributed by atoms with E-state index in [-0.39, 0.29) is 6.61 Å². The van der Waals surface area contributed by atoms with Gasteiger partial charge < -0.3 is 19.5 Å². The summed E-state index contributed by atoms with van der Waals surface area (Å²) in [6, 6.07) is -1.54. The van der Waals surface area contributed by atoms with E-state index >= 15 is 0 Å². The van der Waals surface area contributed by atoms with Crippen molar-refractivity contribution in [3.05, 3.63) is 0 Å². The molecule has 0 aromatic heterocycles. The molecule has 0 aromatic carbocycles. The Morgan fingerprint density at radius 1 is 1.10 bits per heavy atom. The zero-order chi connectivity index (χ0) is 15.9. The van der Waals surface area contributed by atoms with Gasteiger partial charge in [0.2, 0.25) is 5.91 Å². The van der Waals surface area contributed by atoms with Crippen molar-refractivity contribution in [1.29, 1.82) is 0 Å². The van der Waals surface area contributed by atoms with Crippen LogP contribution in [0.25, 0.3) is 0 Å². The molecule has 1 unspecified atom stereocenters. The fraction of sp³-hybridized carbons (Fsp3) is 0.667. The summed E-state index contributed by atoms with van der Waals surface area (Å²) in [5.41, 5.74) is -2.04. The van der Waals surface area contributed by atoms with Crippen molar-refractivity contribution in [2.24, 2.45) is 5.41 Å². The van der Waals surface area contributed by atoms with Gasteiger partial charge in [-0.25, -0.2) is 4.79 Å². The maximum absolute atomic E-state index is 11.9. The maximum atomic E-state index is 11.9. The molecule has 8 heteroatoms. The van der Waals surface area contributed by atoms with Crippen LogP contribution in [0.2, 0.25) is 0 Å². The molecule has 0 fully saturated rings. The van der Waals surface area contributed by atoms with Gasteiger partial charge in [-0.15, -0.1) is 0 Å². The third-order valence-electron chi connectivity index (χ3n) is 2.67. The highest BCUT2D eigenvalue weighted by Crippen LogP contribution is 2.26. The molecule has 0 spiro atoms. The van der Waals surface area contributed by atoms with Gasteiger partial charge in [-0.1, -0.05) is 0 Å². The molecule has 0 heterocycles. The Labute approximate surface area is 116 Å². The highest BCUT2D eigenvalue weighted by molar-refractivity contribution is 6.05. The number of rotatable bonds is 6. The van der Waals surface area contributed by atoms with Gasteiger partial charge in [-0.2, -0.15) is 0 Å². The van der Waals surface area contributed by atoms with Crippen molar-refractivity contribution in [2.75, 3.05) is 20.8 Å². The largest absolute Gasteiger partial charge is 0.468 e. The molecule has 1 N–H and O–H groups in total. The number of nitrogens with one attached hydrogen (secondary N) is 1. The standard InChI is InChI=1S/C12H19NO7/c1-6-20-9(15)8(13-7(2)14)12(3,10(16)18-4)11(17)19-5/h8H,6H2,1-5H3,(H,13,14). The number of carbonyl (C=O) groups excluding carboxylic acids is 4. The normalized spacial score (nSPS) is 12.1. The predicted octanol–water partition coefficient (Wildman–Crippen LogP) is -0.593. The van der Waals surface area contributed by atoms with Crippen LogP contribution >= 0.6 is 0 Å². The van der Waals surface area contributed by atoms with Crippen molar-refractivity contribution in [3.63, 3.8) is 0 Å². The van der Waals surface area contributed by atoms with Crippen molar-refractivity contribution < 1.29 is 33.4 Å². The van der Waals surface area contributed by atoms with Crippen LogP contribution in [0.4, 0.5) is 0 Å². The van der Waals surface area contributed by atoms with Crippen LogP contribution in [0.3, 0.4) is 0 Å². The minimum Gasteiger partial charge on any atom is -0.468 e. The number of hydrogen-bond acceptors (Lipinski definition) is 7. The second kappa shape index (κ2) is 7.46. The first kappa shape index (κ1) is 17.9. The summed E-state index contributed by atoms with van der Waals surface area (Å²) in [5.74, 6) is -3.57. The summed E-state index contributed by atoms with van der Waals surface area (Å²) in [5, 5.41) is 2.22. The van der Waals surface area contributed by atoms with Gasteiger partial charge in [0.05, 0.1) is 20.8 Å². The SMILES string of the molecule is CCOC(=O)C(NC(C)=O)C(C)(C(=O)OC)C(=O)OC. The van der Waals surface area contributed by atoms with E-state index in [2.05, 4.69) is 14.8 Å².